The number of nitrogens with one attached hydrogen (secondary N) is 1. The van der Waals surface area contributed by atoms with Crippen LogP contribution in [-0.4, -0.2) is 15.9 Å². The van der Waals surface area contributed by atoms with E-state index >= 15 is 0 Å². The van der Waals surface area contributed by atoms with Gasteiger partial charge in [0.1, 0.15) is 0 Å². The third kappa shape index (κ3) is 3.70. The highest BCUT2D eigenvalue weighted by Gasteiger charge is 2.13. The van der Waals surface area contributed by atoms with Crippen LogP contribution in [0.1, 0.15) is 21.5 Å². The monoisotopic (exact) mass is 353 g/mol. The summed E-state index contributed by atoms with van der Waals surface area (Å²) in [4.78, 5) is 21.7. The lowest BCUT2D eigenvalue weighted by atomic mass is 10.0. The SMILES string of the molecule is Cc1ccc(CNC(=O)c2cc(-c3ccncc3)nc3ccccc23)cc1. The second-order valence-electron chi connectivity index (χ2n) is 6.48. The first-order chi connectivity index (χ1) is 13.2. The Balaban J connectivity index is 1.69. The number of fused-ring (bicyclic) bond motifs is 1. The lowest BCUT2D eigenvalue weighted by Gasteiger charge is -2.11. The number of benzene rings is 2. The van der Waals surface area contributed by atoms with Crippen LogP contribution in [0.3, 0.4) is 0 Å². The number of hydrogen-bond acceptors (Lipinski definition) is 3. The molecule has 0 unspecified atom stereocenters. The first-order valence-corrected chi connectivity index (χ1v) is 8.84. The minimum atomic E-state index is -0.107. The van der Waals surface area contributed by atoms with Gasteiger partial charge < -0.3 is 5.32 Å². The van der Waals surface area contributed by atoms with E-state index in [2.05, 4.69) is 10.3 Å². The van der Waals surface area contributed by atoms with Gasteiger partial charge in [-0.15, -0.1) is 0 Å². The molecule has 0 fully saturated rings. The number of hydrogen-bond donors (Lipinski definition) is 1. The second kappa shape index (κ2) is 7.38. The lowest BCUT2D eigenvalue weighted by Crippen LogP contribution is -2.23. The van der Waals surface area contributed by atoms with Gasteiger partial charge in [-0.05, 0) is 36.8 Å². The zero-order valence-corrected chi connectivity index (χ0v) is 15.0. The number of aryl methyl sites for hydroxylation is 1. The Hall–Kier alpha value is -3.53. The first-order valence-electron chi connectivity index (χ1n) is 8.84. The van der Waals surface area contributed by atoms with E-state index < -0.39 is 0 Å². The topological polar surface area (TPSA) is 54.9 Å². The molecule has 27 heavy (non-hydrogen) atoms. The maximum Gasteiger partial charge on any atom is 0.252 e. The number of rotatable bonds is 4. The molecule has 2 heterocycles. The Morgan fingerprint density at radius 2 is 1.70 bits per heavy atom. The van der Waals surface area contributed by atoms with Crippen LogP contribution in [-0.2, 0) is 6.54 Å². The van der Waals surface area contributed by atoms with Gasteiger partial charge in [0, 0.05) is 29.9 Å². The van der Waals surface area contributed by atoms with Gasteiger partial charge in [-0.25, -0.2) is 4.98 Å². The van der Waals surface area contributed by atoms with Gasteiger partial charge in [0.05, 0.1) is 16.8 Å². The molecule has 0 bridgehead atoms. The van der Waals surface area contributed by atoms with Gasteiger partial charge in [0.15, 0.2) is 0 Å². The molecule has 4 aromatic rings. The Morgan fingerprint density at radius 1 is 0.963 bits per heavy atom. The van der Waals surface area contributed by atoms with E-state index in [4.69, 9.17) is 4.98 Å². The maximum atomic E-state index is 12.9. The Labute approximate surface area is 157 Å². The number of pyridine rings is 2. The molecule has 0 saturated carbocycles. The average molecular weight is 353 g/mol. The van der Waals surface area contributed by atoms with E-state index in [-0.39, 0.29) is 5.91 Å². The summed E-state index contributed by atoms with van der Waals surface area (Å²) in [6.45, 7) is 2.53. The van der Waals surface area contributed by atoms with Crippen molar-refractivity contribution in [1.82, 2.24) is 15.3 Å². The predicted octanol–water partition coefficient (Wildman–Crippen LogP) is 4.54. The summed E-state index contributed by atoms with van der Waals surface area (Å²) in [6, 6.07) is 21.5. The molecule has 2 aromatic heterocycles. The van der Waals surface area contributed by atoms with Crippen LogP contribution < -0.4 is 5.32 Å². The fourth-order valence-corrected chi connectivity index (χ4v) is 3.02. The molecule has 0 spiro atoms. The molecule has 4 heteroatoms. The minimum absolute atomic E-state index is 0.107. The molecule has 0 aliphatic heterocycles. The summed E-state index contributed by atoms with van der Waals surface area (Å²) >= 11 is 0. The lowest BCUT2D eigenvalue weighted by molar-refractivity contribution is 0.0952. The summed E-state index contributed by atoms with van der Waals surface area (Å²) in [7, 11) is 0. The minimum Gasteiger partial charge on any atom is -0.348 e. The fraction of sp³-hybridized carbons (Fsp3) is 0.0870. The predicted molar refractivity (Wildman–Crippen MR) is 107 cm³/mol. The van der Waals surface area contributed by atoms with Crippen LogP contribution >= 0.6 is 0 Å². The summed E-state index contributed by atoms with van der Waals surface area (Å²) < 4.78 is 0. The number of nitrogens with zero attached hydrogens (tertiary/aromatic N) is 2. The number of aromatic nitrogens is 2. The highest BCUT2D eigenvalue weighted by atomic mass is 16.1. The molecular weight excluding hydrogens is 334 g/mol. The first kappa shape index (κ1) is 16.9. The van der Waals surface area contributed by atoms with Gasteiger partial charge in [0.2, 0.25) is 0 Å². The van der Waals surface area contributed by atoms with Crippen molar-refractivity contribution in [2.45, 2.75) is 13.5 Å². The van der Waals surface area contributed by atoms with Gasteiger partial charge in [0.25, 0.3) is 5.91 Å². The molecule has 1 N–H and O–H groups in total. The molecule has 4 rings (SSSR count). The van der Waals surface area contributed by atoms with Gasteiger partial charge in [-0.3, -0.25) is 9.78 Å². The Kier molecular flexibility index (Phi) is 4.62. The van der Waals surface area contributed by atoms with Crippen molar-refractivity contribution in [3.8, 4) is 11.3 Å². The molecule has 2 aromatic carbocycles. The molecule has 1 amide bonds. The molecule has 132 valence electrons. The van der Waals surface area contributed by atoms with Crippen molar-refractivity contribution in [2.24, 2.45) is 0 Å². The van der Waals surface area contributed by atoms with Crippen molar-refractivity contribution in [3.63, 3.8) is 0 Å². The number of carbonyl (C=O) groups excluding carboxylic acids is 1. The van der Waals surface area contributed by atoms with Gasteiger partial charge >= 0.3 is 0 Å². The van der Waals surface area contributed by atoms with Crippen molar-refractivity contribution in [2.75, 3.05) is 0 Å². The number of amides is 1. The van der Waals surface area contributed by atoms with Crippen LogP contribution in [0.4, 0.5) is 0 Å². The molecular formula is C23H19N3O. The zero-order chi connectivity index (χ0) is 18.6. The fourth-order valence-electron chi connectivity index (χ4n) is 3.02. The number of carbonyl (C=O) groups is 1. The number of para-hydroxylation sites is 1. The van der Waals surface area contributed by atoms with Crippen LogP contribution in [0.5, 0.6) is 0 Å². The molecule has 0 atom stereocenters. The van der Waals surface area contributed by atoms with Gasteiger partial charge in [-0.2, -0.15) is 0 Å². The van der Waals surface area contributed by atoms with E-state index in [1.807, 2.05) is 73.7 Å². The molecule has 0 aliphatic carbocycles. The van der Waals surface area contributed by atoms with Crippen LogP contribution in [0.15, 0.2) is 79.1 Å². The van der Waals surface area contributed by atoms with Crippen molar-refractivity contribution in [3.05, 3.63) is 95.8 Å². The largest absolute Gasteiger partial charge is 0.348 e. The molecule has 4 nitrogen and oxygen atoms in total. The van der Waals surface area contributed by atoms with Crippen LogP contribution in [0.2, 0.25) is 0 Å². The summed E-state index contributed by atoms with van der Waals surface area (Å²) in [5.41, 5.74) is 5.39. The van der Waals surface area contributed by atoms with Crippen molar-refractivity contribution >= 4 is 16.8 Å². The summed E-state index contributed by atoms with van der Waals surface area (Å²) in [5, 5.41) is 3.87. The van der Waals surface area contributed by atoms with E-state index in [1.165, 1.54) is 5.56 Å². The molecule has 0 saturated heterocycles. The van der Waals surface area contributed by atoms with Crippen molar-refractivity contribution in [1.29, 1.82) is 0 Å². The third-order valence-electron chi connectivity index (χ3n) is 4.51. The third-order valence-corrected chi connectivity index (χ3v) is 4.51. The van der Waals surface area contributed by atoms with E-state index in [9.17, 15) is 4.79 Å². The molecule has 0 radical (unpaired) electrons. The Bertz CT molecular complexity index is 1090. The van der Waals surface area contributed by atoms with E-state index in [1.54, 1.807) is 12.4 Å². The van der Waals surface area contributed by atoms with Crippen LogP contribution in [0.25, 0.3) is 22.2 Å². The summed E-state index contributed by atoms with van der Waals surface area (Å²) in [6.07, 6.45) is 3.45. The highest BCUT2D eigenvalue weighted by molar-refractivity contribution is 6.07. The highest BCUT2D eigenvalue weighted by Crippen LogP contribution is 2.24. The smallest absolute Gasteiger partial charge is 0.252 e. The average Bonchev–Trinajstić information content (AvgIpc) is 2.73. The van der Waals surface area contributed by atoms with Crippen molar-refractivity contribution < 1.29 is 4.79 Å². The van der Waals surface area contributed by atoms with E-state index in [0.717, 1.165) is 27.7 Å². The maximum absolute atomic E-state index is 12.9. The zero-order valence-electron chi connectivity index (χ0n) is 15.0. The van der Waals surface area contributed by atoms with Crippen LogP contribution in [0, 0.1) is 6.92 Å². The normalized spacial score (nSPS) is 10.7. The quantitative estimate of drug-likeness (QED) is 0.586. The van der Waals surface area contributed by atoms with E-state index in [0.29, 0.717) is 12.1 Å². The van der Waals surface area contributed by atoms with Gasteiger partial charge in [-0.1, -0.05) is 48.0 Å². The standard InChI is InChI=1S/C23H19N3O/c1-16-6-8-17(9-7-16)15-25-23(27)20-14-22(18-10-12-24-13-11-18)26-21-5-3-2-4-19(20)21/h2-14H,15H2,1H3,(H,25,27). The molecule has 0 aliphatic rings. The Morgan fingerprint density at radius 3 is 2.48 bits per heavy atom. The summed E-state index contributed by atoms with van der Waals surface area (Å²) in [5.74, 6) is -0.107. The second-order valence-corrected chi connectivity index (χ2v) is 6.48.